The Kier molecular flexibility index (Phi) is 5.55. The van der Waals surface area contributed by atoms with E-state index < -0.39 is 11.1 Å². The maximum absolute atomic E-state index is 11.7. The second-order valence-electron chi connectivity index (χ2n) is 3.65. The van der Waals surface area contributed by atoms with Crippen LogP contribution in [0.3, 0.4) is 0 Å². The minimum absolute atomic E-state index is 0.321. The van der Waals surface area contributed by atoms with Crippen molar-refractivity contribution in [2.45, 2.75) is 18.1 Å². The number of halogens is 2. The molecule has 1 rings (SSSR count). The lowest BCUT2D eigenvalue weighted by molar-refractivity contribution is -0.135. The third-order valence-electron chi connectivity index (χ3n) is 2.02. The van der Waals surface area contributed by atoms with E-state index in [1.54, 1.807) is 0 Å². The van der Waals surface area contributed by atoms with Gasteiger partial charge in [0.25, 0.3) is 5.91 Å². The summed E-state index contributed by atoms with van der Waals surface area (Å²) >= 11 is 11.1. The van der Waals surface area contributed by atoms with Crippen molar-refractivity contribution in [3.8, 4) is 0 Å². The minimum atomic E-state index is -1.07. The first kappa shape index (κ1) is 13.8. The van der Waals surface area contributed by atoms with Crippen LogP contribution in [-0.4, -0.2) is 48.2 Å². The Bertz CT molecular complexity index is 265. The van der Waals surface area contributed by atoms with E-state index in [-0.39, 0.29) is 5.91 Å². The number of amides is 1. The van der Waals surface area contributed by atoms with E-state index in [1.807, 2.05) is 6.92 Å². The fraction of sp³-hybridized carbons (Fsp3) is 0.700. The Hall–Kier alpha value is -0.290. The second-order valence-corrected chi connectivity index (χ2v) is 4.74. The van der Waals surface area contributed by atoms with Gasteiger partial charge in [-0.25, -0.2) is 0 Å². The molecule has 0 aliphatic carbocycles. The summed E-state index contributed by atoms with van der Waals surface area (Å²) in [5.41, 5.74) is 0.848. The zero-order chi connectivity index (χ0) is 12.1. The van der Waals surface area contributed by atoms with Crippen LogP contribution in [0.4, 0.5) is 0 Å². The highest BCUT2D eigenvalue weighted by Gasteiger charge is 2.26. The largest absolute Gasteiger partial charge is 0.348 e. The van der Waals surface area contributed by atoms with Crippen molar-refractivity contribution in [1.29, 1.82) is 0 Å². The van der Waals surface area contributed by atoms with Crippen molar-refractivity contribution in [3.05, 3.63) is 12.2 Å². The van der Waals surface area contributed by atoms with Crippen LogP contribution in [0.15, 0.2) is 12.2 Å². The quantitative estimate of drug-likeness (QED) is 0.561. The molecule has 1 fully saturated rings. The number of nitrogens with zero attached hydrogens (tertiary/aromatic N) is 1. The van der Waals surface area contributed by atoms with Crippen LogP contribution >= 0.6 is 23.2 Å². The van der Waals surface area contributed by atoms with Gasteiger partial charge in [0.05, 0.1) is 19.8 Å². The molecule has 0 bridgehead atoms. The number of hydrogen-bond acceptors (Lipinski definition) is 3. The molecule has 92 valence electrons. The van der Waals surface area contributed by atoms with Crippen LogP contribution in [0.2, 0.25) is 0 Å². The number of ether oxygens (including phenoxy) is 2. The zero-order valence-electron chi connectivity index (χ0n) is 9.12. The van der Waals surface area contributed by atoms with Crippen molar-refractivity contribution >= 4 is 29.1 Å². The van der Waals surface area contributed by atoms with E-state index in [9.17, 15) is 4.79 Å². The van der Waals surface area contributed by atoms with E-state index in [0.717, 1.165) is 5.57 Å². The van der Waals surface area contributed by atoms with Crippen molar-refractivity contribution in [1.82, 2.24) is 4.90 Å². The molecule has 1 heterocycles. The summed E-state index contributed by atoms with van der Waals surface area (Å²) in [6.45, 7) is 7.39. The van der Waals surface area contributed by atoms with Crippen LogP contribution in [0, 0.1) is 0 Å². The van der Waals surface area contributed by atoms with Gasteiger partial charge < -0.3 is 14.4 Å². The standard InChI is InChI=1S/C10H15Cl2NO3/c1-7(2)5-13(10(14)9(11)12)6-8-15-3-4-16-8/h8-9H,1,3-6H2,2H3. The van der Waals surface area contributed by atoms with Crippen molar-refractivity contribution in [2.24, 2.45) is 0 Å². The first-order valence-corrected chi connectivity index (χ1v) is 5.82. The van der Waals surface area contributed by atoms with Crippen LogP contribution in [0.5, 0.6) is 0 Å². The van der Waals surface area contributed by atoms with Gasteiger partial charge in [-0.1, -0.05) is 35.4 Å². The molecular weight excluding hydrogens is 253 g/mol. The van der Waals surface area contributed by atoms with Gasteiger partial charge in [-0.3, -0.25) is 4.79 Å². The highest BCUT2D eigenvalue weighted by atomic mass is 35.5. The van der Waals surface area contributed by atoms with E-state index in [0.29, 0.717) is 26.3 Å². The number of carbonyl (C=O) groups is 1. The Morgan fingerprint density at radius 1 is 1.50 bits per heavy atom. The van der Waals surface area contributed by atoms with Gasteiger partial charge in [0.1, 0.15) is 0 Å². The van der Waals surface area contributed by atoms with Gasteiger partial charge >= 0.3 is 0 Å². The van der Waals surface area contributed by atoms with Crippen molar-refractivity contribution in [3.63, 3.8) is 0 Å². The van der Waals surface area contributed by atoms with Crippen molar-refractivity contribution in [2.75, 3.05) is 26.3 Å². The maximum Gasteiger partial charge on any atom is 0.256 e. The molecule has 1 aliphatic heterocycles. The summed E-state index contributed by atoms with van der Waals surface area (Å²) < 4.78 is 10.5. The molecule has 0 aromatic rings. The molecule has 0 aromatic heterocycles. The van der Waals surface area contributed by atoms with Crippen LogP contribution < -0.4 is 0 Å². The first-order valence-electron chi connectivity index (χ1n) is 4.95. The first-order chi connectivity index (χ1) is 7.50. The maximum atomic E-state index is 11.7. The highest BCUT2D eigenvalue weighted by molar-refractivity contribution is 6.53. The van der Waals surface area contributed by atoms with E-state index >= 15 is 0 Å². The third-order valence-corrected chi connectivity index (χ3v) is 2.39. The van der Waals surface area contributed by atoms with Crippen molar-refractivity contribution < 1.29 is 14.3 Å². The highest BCUT2D eigenvalue weighted by Crippen LogP contribution is 2.12. The molecule has 6 heteroatoms. The molecule has 0 radical (unpaired) electrons. The van der Waals surface area contributed by atoms with Gasteiger partial charge in [0, 0.05) is 6.54 Å². The Labute approximate surface area is 105 Å². The Balaban J connectivity index is 2.55. The van der Waals surface area contributed by atoms with Crippen LogP contribution in [0.25, 0.3) is 0 Å². The summed E-state index contributed by atoms with van der Waals surface area (Å²) in [5, 5.41) is 0. The molecule has 1 amide bonds. The molecule has 1 aliphatic rings. The average molecular weight is 268 g/mol. The fourth-order valence-electron chi connectivity index (χ4n) is 1.39. The summed E-state index contributed by atoms with van der Waals surface area (Å²) in [6, 6.07) is 0. The second kappa shape index (κ2) is 6.45. The van der Waals surface area contributed by atoms with Gasteiger partial charge in [-0.15, -0.1) is 0 Å². The lowest BCUT2D eigenvalue weighted by Gasteiger charge is -2.25. The molecule has 0 unspecified atom stereocenters. The molecule has 0 spiro atoms. The minimum Gasteiger partial charge on any atom is -0.348 e. The molecule has 0 atom stereocenters. The Morgan fingerprint density at radius 3 is 2.50 bits per heavy atom. The van der Waals surface area contributed by atoms with Gasteiger partial charge in [-0.05, 0) is 6.92 Å². The van der Waals surface area contributed by atoms with E-state index in [2.05, 4.69) is 6.58 Å². The van der Waals surface area contributed by atoms with Gasteiger partial charge in [-0.2, -0.15) is 0 Å². The summed E-state index contributed by atoms with van der Waals surface area (Å²) in [4.78, 5) is 12.1. The smallest absolute Gasteiger partial charge is 0.256 e. The molecule has 0 saturated carbocycles. The summed E-state index contributed by atoms with van der Waals surface area (Å²) in [6.07, 6.45) is -0.393. The predicted molar refractivity (Wildman–Crippen MR) is 62.6 cm³/mol. The van der Waals surface area contributed by atoms with E-state index in [1.165, 1.54) is 4.90 Å². The van der Waals surface area contributed by atoms with Gasteiger partial charge in [0.15, 0.2) is 11.1 Å². The molecular formula is C10H15Cl2NO3. The zero-order valence-corrected chi connectivity index (χ0v) is 10.6. The topological polar surface area (TPSA) is 38.8 Å². The molecule has 4 nitrogen and oxygen atoms in total. The van der Waals surface area contributed by atoms with Crippen LogP contribution in [-0.2, 0) is 14.3 Å². The lowest BCUT2D eigenvalue weighted by Crippen LogP contribution is -2.41. The normalized spacial score (nSPS) is 16.8. The summed E-state index contributed by atoms with van der Waals surface area (Å²) in [7, 11) is 0. The number of carbonyl (C=O) groups excluding carboxylic acids is 1. The molecule has 16 heavy (non-hydrogen) atoms. The SMILES string of the molecule is C=C(C)CN(CC1OCCO1)C(=O)C(Cl)Cl. The number of rotatable bonds is 5. The van der Waals surface area contributed by atoms with Crippen LogP contribution in [0.1, 0.15) is 6.92 Å². The molecule has 1 saturated heterocycles. The monoisotopic (exact) mass is 267 g/mol. The lowest BCUT2D eigenvalue weighted by atomic mass is 10.3. The third kappa shape index (κ3) is 4.29. The number of alkyl halides is 2. The average Bonchev–Trinajstić information content (AvgIpc) is 2.67. The van der Waals surface area contributed by atoms with Gasteiger partial charge in [0.2, 0.25) is 0 Å². The molecule has 0 aromatic carbocycles. The summed E-state index contributed by atoms with van der Waals surface area (Å²) in [5.74, 6) is -0.356. The number of hydrogen-bond donors (Lipinski definition) is 0. The fourth-order valence-corrected chi connectivity index (χ4v) is 1.66. The van der Waals surface area contributed by atoms with E-state index in [4.69, 9.17) is 32.7 Å². The molecule has 0 N–H and O–H groups in total. The predicted octanol–water partition coefficient (Wildman–Crippen LogP) is 1.57. The Morgan fingerprint density at radius 2 is 2.06 bits per heavy atom.